The van der Waals surface area contributed by atoms with Gasteiger partial charge in [-0.05, 0) is 26.2 Å². The zero-order valence-electron chi connectivity index (χ0n) is 12.3. The van der Waals surface area contributed by atoms with Crippen LogP contribution in [-0.4, -0.2) is 42.2 Å². The highest BCUT2D eigenvalue weighted by molar-refractivity contribution is 7.18. The van der Waals surface area contributed by atoms with Gasteiger partial charge in [-0.1, -0.05) is 18.3 Å². The monoisotopic (exact) mass is 300 g/mol. The first kappa shape index (κ1) is 16.7. The van der Waals surface area contributed by atoms with Gasteiger partial charge < -0.3 is 21.1 Å². The number of hydrogen-bond acceptors (Lipinski definition) is 6. The number of anilines is 2. The average Bonchev–Trinajstić information content (AvgIpc) is 2.80. The first-order valence-electron chi connectivity index (χ1n) is 6.93. The number of nitrogens with zero attached hydrogens (tertiary/aromatic N) is 2. The van der Waals surface area contributed by atoms with Crippen LogP contribution in [-0.2, 0) is 0 Å². The van der Waals surface area contributed by atoms with E-state index in [0.29, 0.717) is 17.8 Å². The third kappa shape index (κ3) is 4.35. The number of nitrogens with one attached hydrogen (secondary N) is 1. The topological polar surface area (TPSA) is 91.5 Å². The summed E-state index contributed by atoms with van der Waals surface area (Å²) in [7, 11) is 0. The van der Waals surface area contributed by atoms with E-state index in [1.54, 1.807) is 0 Å². The van der Waals surface area contributed by atoms with Crippen LogP contribution in [0, 0.1) is 5.92 Å². The fourth-order valence-corrected chi connectivity index (χ4v) is 2.81. The van der Waals surface area contributed by atoms with Crippen molar-refractivity contribution in [2.24, 2.45) is 5.92 Å². The van der Waals surface area contributed by atoms with Crippen molar-refractivity contribution in [3.63, 3.8) is 0 Å². The van der Waals surface area contributed by atoms with Gasteiger partial charge in [-0.2, -0.15) is 0 Å². The standard InChI is InChI=1S/C13H24N4O2S/c1-4-17(5-2)13-16-11(14)10(20-13)12(19)15-8-9(3)6-7-18/h9,18H,4-8,14H2,1-3H3,(H,15,19). The fourth-order valence-electron chi connectivity index (χ4n) is 1.78. The zero-order chi connectivity index (χ0) is 15.1. The van der Waals surface area contributed by atoms with Crippen molar-refractivity contribution in [3.8, 4) is 0 Å². The number of aromatic nitrogens is 1. The molecule has 6 nitrogen and oxygen atoms in total. The van der Waals surface area contributed by atoms with Crippen LogP contribution in [0.15, 0.2) is 0 Å². The predicted octanol–water partition coefficient (Wildman–Crippen LogP) is 1.32. The minimum absolute atomic E-state index is 0.131. The molecule has 4 N–H and O–H groups in total. The van der Waals surface area contributed by atoms with E-state index < -0.39 is 0 Å². The molecule has 0 aliphatic rings. The van der Waals surface area contributed by atoms with Crippen LogP contribution in [0.2, 0.25) is 0 Å². The van der Waals surface area contributed by atoms with E-state index in [2.05, 4.69) is 15.2 Å². The van der Waals surface area contributed by atoms with E-state index in [-0.39, 0.29) is 24.2 Å². The quantitative estimate of drug-likeness (QED) is 0.673. The summed E-state index contributed by atoms with van der Waals surface area (Å²) in [6, 6.07) is 0. The Balaban J connectivity index is 2.69. The van der Waals surface area contributed by atoms with Gasteiger partial charge in [-0.3, -0.25) is 4.79 Å². The number of amides is 1. The second-order valence-electron chi connectivity index (χ2n) is 4.71. The Morgan fingerprint density at radius 2 is 2.15 bits per heavy atom. The van der Waals surface area contributed by atoms with Gasteiger partial charge in [-0.25, -0.2) is 4.98 Å². The van der Waals surface area contributed by atoms with E-state index in [0.717, 1.165) is 18.2 Å². The van der Waals surface area contributed by atoms with Gasteiger partial charge in [0.2, 0.25) is 0 Å². The smallest absolute Gasteiger partial charge is 0.265 e. The van der Waals surface area contributed by atoms with E-state index in [1.807, 2.05) is 20.8 Å². The summed E-state index contributed by atoms with van der Waals surface area (Å²) in [5.74, 6) is 0.327. The molecule has 7 heteroatoms. The molecule has 0 aliphatic heterocycles. The number of hydrogen-bond donors (Lipinski definition) is 3. The van der Waals surface area contributed by atoms with Crippen LogP contribution in [0.5, 0.6) is 0 Å². The van der Waals surface area contributed by atoms with E-state index in [9.17, 15) is 4.79 Å². The molecule has 20 heavy (non-hydrogen) atoms. The molecule has 0 aliphatic carbocycles. The Kier molecular flexibility index (Phi) is 6.74. The molecule has 114 valence electrons. The van der Waals surface area contributed by atoms with Crippen LogP contribution in [0.3, 0.4) is 0 Å². The highest BCUT2D eigenvalue weighted by Crippen LogP contribution is 2.27. The molecule has 1 unspecified atom stereocenters. The van der Waals surface area contributed by atoms with Gasteiger partial charge in [-0.15, -0.1) is 0 Å². The average molecular weight is 300 g/mol. The maximum atomic E-state index is 12.1. The van der Waals surface area contributed by atoms with Crippen LogP contribution in [0.4, 0.5) is 10.9 Å². The Hall–Kier alpha value is -1.34. The summed E-state index contributed by atoms with van der Waals surface area (Å²) in [6.45, 7) is 8.38. The minimum Gasteiger partial charge on any atom is -0.396 e. The van der Waals surface area contributed by atoms with Crippen LogP contribution >= 0.6 is 11.3 Å². The summed E-state index contributed by atoms with van der Waals surface area (Å²) < 4.78 is 0. The Morgan fingerprint density at radius 3 is 2.70 bits per heavy atom. The maximum Gasteiger partial charge on any atom is 0.265 e. The van der Waals surface area contributed by atoms with Crippen molar-refractivity contribution in [2.75, 3.05) is 36.9 Å². The lowest BCUT2D eigenvalue weighted by Gasteiger charge is -2.16. The number of carbonyl (C=O) groups excluding carboxylic acids is 1. The molecular weight excluding hydrogens is 276 g/mol. The third-order valence-electron chi connectivity index (χ3n) is 3.12. The molecule has 1 amide bonds. The number of aliphatic hydroxyl groups excluding tert-OH is 1. The van der Waals surface area contributed by atoms with Gasteiger partial charge in [0.05, 0.1) is 0 Å². The van der Waals surface area contributed by atoms with Crippen LogP contribution < -0.4 is 16.0 Å². The summed E-state index contributed by atoms with van der Waals surface area (Å²) in [6.07, 6.45) is 0.670. The lowest BCUT2D eigenvalue weighted by atomic mass is 10.1. The van der Waals surface area contributed by atoms with Crippen molar-refractivity contribution in [2.45, 2.75) is 27.2 Å². The van der Waals surface area contributed by atoms with Gasteiger partial charge in [0.25, 0.3) is 5.91 Å². The Labute approximate surface area is 124 Å². The normalized spacial score (nSPS) is 12.2. The van der Waals surface area contributed by atoms with Gasteiger partial charge in [0.15, 0.2) is 5.13 Å². The van der Waals surface area contributed by atoms with Gasteiger partial charge in [0.1, 0.15) is 10.7 Å². The summed E-state index contributed by atoms with van der Waals surface area (Å²) in [4.78, 5) is 18.9. The number of nitrogen functional groups attached to an aromatic ring is 1. The molecule has 1 rings (SSSR count). The molecule has 0 spiro atoms. The lowest BCUT2D eigenvalue weighted by Crippen LogP contribution is -2.28. The van der Waals surface area contributed by atoms with Crippen LogP contribution in [0.25, 0.3) is 0 Å². The number of rotatable bonds is 8. The number of carbonyl (C=O) groups is 1. The van der Waals surface area contributed by atoms with E-state index >= 15 is 0 Å². The largest absolute Gasteiger partial charge is 0.396 e. The summed E-state index contributed by atoms with van der Waals surface area (Å²) >= 11 is 1.32. The molecule has 0 saturated heterocycles. The van der Waals surface area contributed by atoms with E-state index in [1.165, 1.54) is 11.3 Å². The Bertz CT molecular complexity index is 432. The number of thiazole rings is 1. The second kappa shape index (κ2) is 8.06. The molecular formula is C13H24N4O2S. The summed E-state index contributed by atoms with van der Waals surface area (Å²) in [5.41, 5.74) is 5.83. The third-order valence-corrected chi connectivity index (χ3v) is 4.25. The zero-order valence-corrected chi connectivity index (χ0v) is 13.2. The molecule has 0 radical (unpaired) electrons. The second-order valence-corrected chi connectivity index (χ2v) is 5.69. The van der Waals surface area contributed by atoms with Crippen molar-refractivity contribution < 1.29 is 9.90 Å². The SMILES string of the molecule is CCN(CC)c1nc(N)c(C(=O)NCC(C)CCO)s1. The van der Waals surface area contributed by atoms with Gasteiger partial charge in [0, 0.05) is 26.2 Å². The molecule has 1 atom stereocenters. The molecule has 0 fully saturated rings. The molecule has 1 aromatic heterocycles. The molecule has 0 aromatic carbocycles. The maximum absolute atomic E-state index is 12.1. The molecule has 1 aromatic rings. The van der Waals surface area contributed by atoms with Crippen molar-refractivity contribution in [1.29, 1.82) is 0 Å². The minimum atomic E-state index is -0.191. The number of aliphatic hydroxyl groups is 1. The van der Waals surface area contributed by atoms with Crippen molar-refractivity contribution >= 4 is 28.2 Å². The van der Waals surface area contributed by atoms with E-state index in [4.69, 9.17) is 10.8 Å². The first-order chi connectivity index (χ1) is 9.53. The van der Waals surface area contributed by atoms with Crippen LogP contribution in [0.1, 0.15) is 36.9 Å². The van der Waals surface area contributed by atoms with Crippen molar-refractivity contribution in [1.82, 2.24) is 10.3 Å². The first-order valence-corrected chi connectivity index (χ1v) is 7.75. The lowest BCUT2D eigenvalue weighted by molar-refractivity contribution is 0.0950. The molecule has 0 bridgehead atoms. The fraction of sp³-hybridized carbons (Fsp3) is 0.692. The highest BCUT2D eigenvalue weighted by Gasteiger charge is 2.18. The number of nitrogens with two attached hydrogens (primary N) is 1. The Morgan fingerprint density at radius 1 is 1.50 bits per heavy atom. The molecule has 0 saturated carbocycles. The highest BCUT2D eigenvalue weighted by atomic mass is 32.1. The van der Waals surface area contributed by atoms with Crippen molar-refractivity contribution in [3.05, 3.63) is 4.88 Å². The summed E-state index contributed by atoms with van der Waals surface area (Å²) in [5, 5.41) is 12.4. The predicted molar refractivity (Wildman–Crippen MR) is 83.3 cm³/mol. The van der Waals surface area contributed by atoms with Gasteiger partial charge >= 0.3 is 0 Å². The molecule has 1 heterocycles.